The number of nitrogens with zero attached hydrogens (tertiary/aromatic N) is 3. The van der Waals surface area contributed by atoms with Crippen LogP contribution in [0.4, 0.5) is 8.78 Å². The summed E-state index contributed by atoms with van der Waals surface area (Å²) < 4.78 is 26.7. The van der Waals surface area contributed by atoms with E-state index in [1.165, 1.54) is 48.5 Å². The van der Waals surface area contributed by atoms with Crippen LogP contribution in [0, 0.1) is 51.0 Å². The number of halogens is 2. The number of hydrogen-bond donors (Lipinski definition) is 1. The van der Waals surface area contributed by atoms with Crippen LogP contribution < -0.4 is 5.73 Å². The maximum atomic E-state index is 13.4. The summed E-state index contributed by atoms with van der Waals surface area (Å²) in [6.45, 7) is 0. The zero-order valence-corrected chi connectivity index (χ0v) is 13.4. The van der Waals surface area contributed by atoms with Gasteiger partial charge in [-0.3, -0.25) is 0 Å². The fraction of sp³-hybridized carbons (Fsp3) is 0.150. The lowest BCUT2D eigenvalue weighted by Gasteiger charge is -2.28. The van der Waals surface area contributed by atoms with Gasteiger partial charge in [0.05, 0.1) is 29.5 Å². The maximum Gasteiger partial charge on any atom is 0.191 e. The lowest BCUT2D eigenvalue weighted by Crippen LogP contribution is -2.29. The summed E-state index contributed by atoms with van der Waals surface area (Å²) in [6.07, 6.45) is 0. The first-order valence-electron chi connectivity index (χ1n) is 7.72. The van der Waals surface area contributed by atoms with Crippen molar-refractivity contribution in [1.29, 1.82) is 15.8 Å². The molecule has 6 heteroatoms. The highest BCUT2D eigenvalue weighted by Gasteiger charge is 2.55. The fourth-order valence-corrected chi connectivity index (χ4v) is 3.52. The van der Waals surface area contributed by atoms with E-state index in [1.54, 1.807) is 0 Å². The average Bonchev–Trinajstić information content (AvgIpc) is 2.91. The van der Waals surface area contributed by atoms with Gasteiger partial charge >= 0.3 is 0 Å². The third-order valence-electron chi connectivity index (χ3n) is 4.76. The molecule has 4 nitrogen and oxygen atoms in total. The third kappa shape index (κ3) is 2.39. The van der Waals surface area contributed by atoms with E-state index in [0.717, 1.165) is 0 Å². The normalized spacial score (nSPS) is 20.9. The van der Waals surface area contributed by atoms with E-state index in [2.05, 4.69) is 0 Å². The number of hydrogen-bond acceptors (Lipinski definition) is 4. The Hall–Kier alpha value is -3.69. The first kappa shape index (κ1) is 17.1. The molecule has 126 valence electrons. The Kier molecular flexibility index (Phi) is 4.16. The van der Waals surface area contributed by atoms with Gasteiger partial charge in [0.25, 0.3) is 0 Å². The van der Waals surface area contributed by atoms with Gasteiger partial charge in [0.15, 0.2) is 5.41 Å². The minimum absolute atomic E-state index is 0.0917. The summed E-state index contributed by atoms with van der Waals surface area (Å²) in [5.74, 6) is -2.46. The van der Waals surface area contributed by atoms with Crippen LogP contribution in [-0.4, -0.2) is 0 Å². The Morgan fingerprint density at radius 2 is 1.27 bits per heavy atom. The predicted molar refractivity (Wildman–Crippen MR) is 88.8 cm³/mol. The maximum absolute atomic E-state index is 13.4. The van der Waals surface area contributed by atoms with E-state index in [0.29, 0.717) is 11.1 Å². The number of rotatable bonds is 2. The van der Waals surface area contributed by atoms with Gasteiger partial charge in [-0.05, 0) is 35.4 Å². The lowest BCUT2D eigenvalue weighted by molar-refractivity contribution is 0.474. The van der Waals surface area contributed by atoms with Crippen molar-refractivity contribution in [3.8, 4) is 18.2 Å². The summed E-state index contributed by atoms with van der Waals surface area (Å²) in [4.78, 5) is 0. The smallest absolute Gasteiger partial charge is 0.191 e. The monoisotopic (exact) mass is 346 g/mol. The predicted octanol–water partition coefficient (Wildman–Crippen LogP) is 3.62. The van der Waals surface area contributed by atoms with Gasteiger partial charge in [-0.1, -0.05) is 24.3 Å². The summed E-state index contributed by atoms with van der Waals surface area (Å²) in [5, 5.41) is 29.1. The highest BCUT2D eigenvalue weighted by molar-refractivity contribution is 5.58. The highest BCUT2D eigenvalue weighted by atomic mass is 19.1. The largest absolute Gasteiger partial charge is 0.399 e. The zero-order chi connectivity index (χ0) is 18.9. The molecule has 2 aromatic rings. The van der Waals surface area contributed by atoms with Gasteiger partial charge in [0.2, 0.25) is 0 Å². The van der Waals surface area contributed by atoms with Crippen molar-refractivity contribution in [3.63, 3.8) is 0 Å². The van der Waals surface area contributed by atoms with Crippen LogP contribution in [0.5, 0.6) is 0 Å². The third-order valence-corrected chi connectivity index (χ3v) is 4.76. The fourth-order valence-electron chi connectivity index (χ4n) is 3.52. The molecule has 0 spiro atoms. The molecule has 1 aliphatic rings. The second-order valence-corrected chi connectivity index (χ2v) is 6.03. The molecule has 26 heavy (non-hydrogen) atoms. The first-order valence-corrected chi connectivity index (χ1v) is 7.72. The van der Waals surface area contributed by atoms with Gasteiger partial charge in [-0.25, -0.2) is 8.78 Å². The Labute approximate surface area is 149 Å². The van der Waals surface area contributed by atoms with Crippen molar-refractivity contribution in [2.75, 3.05) is 0 Å². The van der Waals surface area contributed by atoms with Gasteiger partial charge in [-0.15, -0.1) is 0 Å². The molecule has 0 saturated carbocycles. The molecule has 0 bridgehead atoms. The van der Waals surface area contributed by atoms with E-state index < -0.39 is 28.9 Å². The summed E-state index contributed by atoms with van der Waals surface area (Å²) in [7, 11) is 0. The molecular weight excluding hydrogens is 334 g/mol. The van der Waals surface area contributed by atoms with E-state index in [1.807, 2.05) is 18.2 Å². The molecule has 2 aromatic carbocycles. The minimum Gasteiger partial charge on any atom is -0.399 e. The molecule has 0 fully saturated rings. The zero-order valence-electron chi connectivity index (χ0n) is 13.4. The van der Waals surface area contributed by atoms with Crippen LogP contribution in [0.3, 0.4) is 0 Å². The standard InChI is InChI=1S/C20H12F2N4/c21-14-5-1-12(2-6-14)17-16(9-23)19(26)20(10-24,11-25)18(17)13-3-7-15(22)8-4-13/h1-8,17-18H,26H2/t17-,18-/m0/s1. The molecule has 0 heterocycles. The van der Waals surface area contributed by atoms with Crippen LogP contribution >= 0.6 is 0 Å². The van der Waals surface area contributed by atoms with Crippen LogP contribution in [0.15, 0.2) is 59.8 Å². The molecule has 0 saturated heterocycles. The molecule has 0 radical (unpaired) electrons. The van der Waals surface area contributed by atoms with Crippen molar-refractivity contribution < 1.29 is 8.78 Å². The van der Waals surface area contributed by atoms with E-state index in [-0.39, 0.29) is 11.3 Å². The Bertz CT molecular complexity index is 988. The molecule has 0 unspecified atom stereocenters. The van der Waals surface area contributed by atoms with Gasteiger partial charge in [-0.2, -0.15) is 15.8 Å². The first-order chi connectivity index (χ1) is 12.5. The number of nitrogens with two attached hydrogens (primary N) is 1. The Morgan fingerprint density at radius 3 is 1.69 bits per heavy atom. The SMILES string of the molecule is N#CC1=C(N)C(C#N)(C#N)[C@@H](c2ccc(F)cc2)[C@H]1c1ccc(F)cc1. The average molecular weight is 346 g/mol. The van der Waals surface area contributed by atoms with Crippen LogP contribution in [0.1, 0.15) is 23.0 Å². The molecular formula is C20H12F2N4. The second kappa shape index (κ2) is 6.31. The highest BCUT2D eigenvalue weighted by Crippen LogP contribution is 2.57. The van der Waals surface area contributed by atoms with E-state index in [9.17, 15) is 24.6 Å². The minimum atomic E-state index is -1.78. The molecule has 0 aromatic heterocycles. The summed E-state index contributed by atoms with van der Waals surface area (Å²) in [6, 6.07) is 16.7. The van der Waals surface area contributed by atoms with Gasteiger partial charge in [0, 0.05) is 11.8 Å². The molecule has 2 atom stereocenters. The van der Waals surface area contributed by atoms with Crippen molar-refractivity contribution in [1.82, 2.24) is 0 Å². The number of nitriles is 3. The second-order valence-electron chi connectivity index (χ2n) is 6.03. The lowest BCUT2D eigenvalue weighted by atomic mass is 9.70. The Balaban J connectivity index is 2.29. The Morgan fingerprint density at radius 1 is 0.808 bits per heavy atom. The number of benzene rings is 2. The molecule has 1 aliphatic carbocycles. The van der Waals surface area contributed by atoms with E-state index >= 15 is 0 Å². The van der Waals surface area contributed by atoms with E-state index in [4.69, 9.17) is 5.73 Å². The van der Waals surface area contributed by atoms with Crippen molar-refractivity contribution in [2.45, 2.75) is 11.8 Å². The van der Waals surface area contributed by atoms with Crippen LogP contribution in [-0.2, 0) is 0 Å². The molecule has 0 amide bonds. The molecule has 3 rings (SSSR count). The quantitative estimate of drug-likeness (QED) is 0.898. The summed E-state index contributed by atoms with van der Waals surface area (Å²) in [5.41, 5.74) is 5.31. The molecule has 0 aliphatic heterocycles. The summed E-state index contributed by atoms with van der Waals surface area (Å²) >= 11 is 0. The topological polar surface area (TPSA) is 97.4 Å². The van der Waals surface area contributed by atoms with Crippen LogP contribution in [0.25, 0.3) is 0 Å². The number of allylic oxidation sites excluding steroid dienone is 2. The molecule has 2 N–H and O–H groups in total. The van der Waals surface area contributed by atoms with Crippen molar-refractivity contribution >= 4 is 0 Å². The van der Waals surface area contributed by atoms with Crippen molar-refractivity contribution in [3.05, 3.63) is 82.6 Å². The van der Waals surface area contributed by atoms with Gasteiger partial charge in [0.1, 0.15) is 11.6 Å². The van der Waals surface area contributed by atoms with Crippen molar-refractivity contribution in [2.24, 2.45) is 11.1 Å². The van der Waals surface area contributed by atoms with Crippen LogP contribution in [0.2, 0.25) is 0 Å². The van der Waals surface area contributed by atoms with Gasteiger partial charge < -0.3 is 5.73 Å².